The van der Waals surface area contributed by atoms with E-state index in [1.165, 1.54) is 6.92 Å². The molecule has 0 aromatic heterocycles. The van der Waals surface area contributed by atoms with Gasteiger partial charge in [-0.05, 0) is 61.9 Å². The first-order chi connectivity index (χ1) is 11.1. The molecule has 2 rings (SSSR count). The normalized spacial score (nSPS) is 10.2. The number of unbranched alkanes of at least 4 members (excludes halogenated alkanes) is 1. The van der Waals surface area contributed by atoms with E-state index in [1.54, 1.807) is 48.5 Å². The second kappa shape index (κ2) is 8.13. The first-order valence-corrected chi connectivity index (χ1v) is 7.66. The number of ketones is 1. The lowest BCUT2D eigenvalue weighted by Crippen LogP contribution is -2.08. The number of Topliss-reactive ketones (excluding diaryl/α,β-unsaturated/α-hetero) is 1. The molecule has 0 spiro atoms. The zero-order valence-electron chi connectivity index (χ0n) is 13.4. The molecule has 0 aliphatic carbocycles. The third-order valence-corrected chi connectivity index (χ3v) is 3.33. The first-order valence-electron chi connectivity index (χ1n) is 7.66. The molecule has 23 heavy (non-hydrogen) atoms. The van der Waals surface area contributed by atoms with Crippen molar-refractivity contribution in [1.82, 2.24) is 0 Å². The van der Waals surface area contributed by atoms with E-state index in [9.17, 15) is 9.59 Å². The van der Waals surface area contributed by atoms with Crippen LogP contribution in [0.5, 0.6) is 11.5 Å². The Balaban J connectivity index is 1.96. The van der Waals surface area contributed by atoms with Crippen molar-refractivity contribution in [3.05, 3.63) is 59.7 Å². The van der Waals surface area contributed by atoms with Crippen LogP contribution >= 0.6 is 0 Å². The fourth-order valence-electron chi connectivity index (χ4n) is 1.95. The quantitative estimate of drug-likeness (QED) is 0.331. The smallest absolute Gasteiger partial charge is 0.343 e. The van der Waals surface area contributed by atoms with E-state index in [0.29, 0.717) is 23.5 Å². The molecule has 0 unspecified atom stereocenters. The summed E-state index contributed by atoms with van der Waals surface area (Å²) in [4.78, 5) is 23.3. The van der Waals surface area contributed by atoms with Crippen LogP contribution in [0.4, 0.5) is 0 Å². The van der Waals surface area contributed by atoms with E-state index in [4.69, 9.17) is 9.47 Å². The predicted octanol–water partition coefficient (Wildman–Crippen LogP) is 4.29. The topological polar surface area (TPSA) is 52.6 Å². The summed E-state index contributed by atoms with van der Waals surface area (Å²) >= 11 is 0. The molecule has 4 heteroatoms. The highest BCUT2D eigenvalue weighted by Crippen LogP contribution is 2.17. The molecule has 0 amide bonds. The van der Waals surface area contributed by atoms with Crippen LogP contribution in [0.3, 0.4) is 0 Å². The highest BCUT2D eigenvalue weighted by atomic mass is 16.5. The minimum atomic E-state index is -0.444. The number of carbonyl (C=O) groups is 2. The van der Waals surface area contributed by atoms with Crippen molar-refractivity contribution in [3.8, 4) is 11.5 Å². The summed E-state index contributed by atoms with van der Waals surface area (Å²) in [6, 6.07) is 13.3. The zero-order valence-corrected chi connectivity index (χ0v) is 13.4. The van der Waals surface area contributed by atoms with Gasteiger partial charge in [-0.3, -0.25) is 4.79 Å². The third kappa shape index (κ3) is 4.95. The Kier molecular flexibility index (Phi) is 5.92. The van der Waals surface area contributed by atoms with Gasteiger partial charge in [0.2, 0.25) is 0 Å². The number of rotatable bonds is 7. The van der Waals surface area contributed by atoms with Crippen LogP contribution in [0.2, 0.25) is 0 Å². The Morgan fingerprint density at radius 2 is 1.43 bits per heavy atom. The van der Waals surface area contributed by atoms with E-state index in [2.05, 4.69) is 6.92 Å². The lowest BCUT2D eigenvalue weighted by Gasteiger charge is -2.07. The maximum atomic E-state index is 12.1. The monoisotopic (exact) mass is 312 g/mol. The molecular formula is C19H20O4. The van der Waals surface area contributed by atoms with Crippen LogP contribution in [0.25, 0.3) is 0 Å². The molecule has 0 saturated carbocycles. The lowest BCUT2D eigenvalue weighted by molar-refractivity contribution is 0.0734. The van der Waals surface area contributed by atoms with Crippen molar-refractivity contribution in [2.75, 3.05) is 6.61 Å². The third-order valence-electron chi connectivity index (χ3n) is 3.33. The summed E-state index contributed by atoms with van der Waals surface area (Å²) in [7, 11) is 0. The molecule has 0 aliphatic heterocycles. The van der Waals surface area contributed by atoms with E-state index in [-0.39, 0.29) is 5.78 Å². The minimum Gasteiger partial charge on any atom is -0.494 e. The number of hydrogen-bond donors (Lipinski definition) is 0. The standard InChI is InChI=1S/C19H20O4/c1-3-4-13-22-17-9-7-16(8-10-17)19(21)23-18-11-5-15(6-12-18)14(2)20/h5-12H,3-4,13H2,1-2H3. The fourth-order valence-corrected chi connectivity index (χ4v) is 1.95. The fraction of sp³-hybridized carbons (Fsp3) is 0.263. The Hall–Kier alpha value is -2.62. The predicted molar refractivity (Wildman–Crippen MR) is 88.3 cm³/mol. The summed E-state index contributed by atoms with van der Waals surface area (Å²) in [5, 5.41) is 0. The molecule has 4 nitrogen and oxygen atoms in total. The Morgan fingerprint density at radius 3 is 2.00 bits per heavy atom. The molecule has 120 valence electrons. The highest BCUT2D eigenvalue weighted by molar-refractivity contribution is 5.94. The second-order valence-electron chi connectivity index (χ2n) is 5.20. The number of hydrogen-bond acceptors (Lipinski definition) is 4. The Morgan fingerprint density at radius 1 is 0.870 bits per heavy atom. The maximum Gasteiger partial charge on any atom is 0.343 e. The van der Waals surface area contributed by atoms with Crippen LogP contribution in [0.1, 0.15) is 47.4 Å². The van der Waals surface area contributed by atoms with Crippen molar-refractivity contribution >= 4 is 11.8 Å². The van der Waals surface area contributed by atoms with Crippen LogP contribution < -0.4 is 9.47 Å². The molecule has 2 aromatic carbocycles. The van der Waals surface area contributed by atoms with Crippen molar-refractivity contribution in [1.29, 1.82) is 0 Å². The number of esters is 1. The van der Waals surface area contributed by atoms with E-state index in [1.807, 2.05) is 0 Å². The molecule has 0 bridgehead atoms. The summed E-state index contributed by atoms with van der Waals surface area (Å²) in [5.74, 6) is 0.673. The molecular weight excluding hydrogens is 292 g/mol. The molecule has 0 N–H and O–H groups in total. The van der Waals surface area contributed by atoms with Gasteiger partial charge in [0.05, 0.1) is 12.2 Å². The summed E-state index contributed by atoms with van der Waals surface area (Å²) in [6.07, 6.45) is 2.08. The lowest BCUT2D eigenvalue weighted by atomic mass is 10.1. The van der Waals surface area contributed by atoms with Gasteiger partial charge in [0.1, 0.15) is 11.5 Å². The van der Waals surface area contributed by atoms with Crippen molar-refractivity contribution < 1.29 is 19.1 Å². The van der Waals surface area contributed by atoms with Gasteiger partial charge in [-0.1, -0.05) is 13.3 Å². The SMILES string of the molecule is CCCCOc1ccc(C(=O)Oc2ccc(C(C)=O)cc2)cc1. The van der Waals surface area contributed by atoms with E-state index < -0.39 is 5.97 Å². The van der Waals surface area contributed by atoms with Gasteiger partial charge in [-0.15, -0.1) is 0 Å². The molecule has 0 heterocycles. The van der Waals surface area contributed by atoms with Crippen LogP contribution in [-0.2, 0) is 0 Å². The molecule has 2 aromatic rings. The first kappa shape index (κ1) is 16.7. The van der Waals surface area contributed by atoms with E-state index >= 15 is 0 Å². The van der Waals surface area contributed by atoms with Crippen molar-refractivity contribution in [3.63, 3.8) is 0 Å². The van der Waals surface area contributed by atoms with E-state index in [0.717, 1.165) is 18.6 Å². The number of ether oxygens (including phenoxy) is 2. The van der Waals surface area contributed by atoms with Gasteiger partial charge in [0.25, 0.3) is 0 Å². The maximum absolute atomic E-state index is 12.1. The number of carbonyl (C=O) groups excluding carboxylic acids is 2. The molecule has 0 fully saturated rings. The Labute approximate surface area is 136 Å². The van der Waals surface area contributed by atoms with Gasteiger partial charge in [-0.25, -0.2) is 4.79 Å². The second-order valence-corrected chi connectivity index (χ2v) is 5.20. The zero-order chi connectivity index (χ0) is 16.7. The minimum absolute atomic E-state index is 0.0264. The van der Waals surface area contributed by atoms with Crippen LogP contribution in [0, 0.1) is 0 Å². The van der Waals surface area contributed by atoms with Gasteiger partial charge in [0.15, 0.2) is 5.78 Å². The summed E-state index contributed by atoms with van der Waals surface area (Å²) in [6.45, 7) is 4.26. The largest absolute Gasteiger partial charge is 0.494 e. The van der Waals surface area contributed by atoms with Crippen molar-refractivity contribution in [2.24, 2.45) is 0 Å². The van der Waals surface area contributed by atoms with Crippen molar-refractivity contribution in [2.45, 2.75) is 26.7 Å². The Bertz CT molecular complexity index is 657. The highest BCUT2D eigenvalue weighted by Gasteiger charge is 2.09. The molecule has 0 atom stereocenters. The van der Waals surface area contributed by atoms with Gasteiger partial charge < -0.3 is 9.47 Å². The summed E-state index contributed by atoms with van der Waals surface area (Å²) < 4.78 is 10.8. The summed E-state index contributed by atoms with van der Waals surface area (Å²) in [5.41, 5.74) is 1.03. The van der Waals surface area contributed by atoms with Gasteiger partial charge in [-0.2, -0.15) is 0 Å². The average Bonchev–Trinajstić information content (AvgIpc) is 2.56. The van der Waals surface area contributed by atoms with Crippen LogP contribution in [-0.4, -0.2) is 18.4 Å². The molecule has 0 radical (unpaired) electrons. The average molecular weight is 312 g/mol. The molecule has 0 aliphatic rings. The van der Waals surface area contributed by atoms with Crippen LogP contribution in [0.15, 0.2) is 48.5 Å². The van der Waals surface area contributed by atoms with Gasteiger partial charge in [0, 0.05) is 5.56 Å². The molecule has 0 saturated heterocycles. The number of benzene rings is 2. The van der Waals surface area contributed by atoms with Gasteiger partial charge >= 0.3 is 5.97 Å².